The first kappa shape index (κ1) is 15.9. The van der Waals surface area contributed by atoms with Crippen LogP contribution in [0.25, 0.3) is 0 Å². The molecule has 2 rings (SSSR count). The monoisotopic (exact) mass is 303 g/mol. The van der Waals surface area contributed by atoms with Crippen LogP contribution >= 0.6 is 11.6 Å². The molecule has 0 amide bonds. The number of ether oxygens (including phenoxy) is 1. The molecular weight excluding hydrogens is 282 g/mol. The first-order chi connectivity index (χ1) is 10.2. The van der Waals surface area contributed by atoms with Gasteiger partial charge in [-0.1, -0.05) is 55.8 Å². The van der Waals surface area contributed by atoms with Gasteiger partial charge in [-0.15, -0.1) is 0 Å². The summed E-state index contributed by atoms with van der Waals surface area (Å²) in [6.45, 7) is 5.75. The Bertz CT molecular complexity index is 553. The highest BCUT2D eigenvalue weighted by Crippen LogP contribution is 2.20. The molecule has 0 aliphatic carbocycles. The zero-order valence-electron chi connectivity index (χ0n) is 12.6. The molecule has 0 radical (unpaired) electrons. The van der Waals surface area contributed by atoms with Gasteiger partial charge in [-0.3, -0.25) is 0 Å². The van der Waals surface area contributed by atoms with E-state index in [0.29, 0.717) is 11.6 Å². The van der Waals surface area contributed by atoms with Gasteiger partial charge in [0, 0.05) is 5.02 Å². The predicted octanol–water partition coefficient (Wildman–Crippen LogP) is 4.63. The van der Waals surface area contributed by atoms with E-state index in [9.17, 15) is 0 Å². The number of nitrogens with one attached hydrogen (secondary N) is 1. The maximum atomic E-state index is 5.98. The Morgan fingerprint density at radius 3 is 2.48 bits per heavy atom. The van der Waals surface area contributed by atoms with Crippen LogP contribution in [0.4, 0.5) is 0 Å². The molecule has 0 aromatic heterocycles. The van der Waals surface area contributed by atoms with Gasteiger partial charge < -0.3 is 10.1 Å². The van der Waals surface area contributed by atoms with Gasteiger partial charge in [0.1, 0.15) is 12.4 Å². The van der Waals surface area contributed by atoms with E-state index in [2.05, 4.69) is 43.4 Å². The summed E-state index contributed by atoms with van der Waals surface area (Å²) in [5.74, 6) is 0.801. The van der Waals surface area contributed by atoms with Crippen molar-refractivity contribution in [3.05, 3.63) is 64.7 Å². The van der Waals surface area contributed by atoms with Gasteiger partial charge in [0.05, 0.1) is 6.04 Å². The Kier molecular flexibility index (Phi) is 6.09. The third kappa shape index (κ3) is 4.76. The molecule has 0 saturated heterocycles. The van der Waals surface area contributed by atoms with Crippen molar-refractivity contribution >= 4 is 11.6 Å². The predicted molar refractivity (Wildman–Crippen MR) is 89.2 cm³/mol. The van der Waals surface area contributed by atoms with Gasteiger partial charge in [0.25, 0.3) is 0 Å². The molecular formula is C18H22ClNO. The van der Waals surface area contributed by atoms with Crippen LogP contribution in [-0.2, 0) is 6.42 Å². The molecule has 2 aromatic carbocycles. The molecule has 0 spiro atoms. The number of halogens is 1. The molecule has 21 heavy (non-hydrogen) atoms. The molecule has 0 heterocycles. The summed E-state index contributed by atoms with van der Waals surface area (Å²) in [4.78, 5) is 0. The summed E-state index contributed by atoms with van der Waals surface area (Å²) in [5.41, 5.74) is 2.60. The van der Waals surface area contributed by atoms with E-state index < -0.39 is 0 Å². The molecule has 0 bridgehead atoms. The zero-order valence-corrected chi connectivity index (χ0v) is 13.4. The van der Waals surface area contributed by atoms with Crippen molar-refractivity contribution in [2.45, 2.75) is 26.3 Å². The van der Waals surface area contributed by atoms with Crippen LogP contribution in [0.15, 0.2) is 48.5 Å². The summed E-state index contributed by atoms with van der Waals surface area (Å²) in [6.07, 6.45) is 1.06. The van der Waals surface area contributed by atoms with Crippen molar-refractivity contribution in [2.24, 2.45) is 0 Å². The number of likely N-dealkylation sites (N-methyl/N-ethyl adjacent to an activating group) is 1. The average molecular weight is 304 g/mol. The van der Waals surface area contributed by atoms with Gasteiger partial charge in [0.15, 0.2) is 0 Å². The molecule has 0 aliphatic rings. The van der Waals surface area contributed by atoms with E-state index in [1.807, 2.05) is 24.3 Å². The Balaban J connectivity index is 2.04. The van der Waals surface area contributed by atoms with Crippen molar-refractivity contribution in [1.82, 2.24) is 5.32 Å². The molecule has 2 aromatic rings. The summed E-state index contributed by atoms with van der Waals surface area (Å²) in [5, 5.41) is 4.16. The second-order valence-corrected chi connectivity index (χ2v) is 5.41. The zero-order chi connectivity index (χ0) is 15.1. The van der Waals surface area contributed by atoms with Crippen molar-refractivity contribution < 1.29 is 4.74 Å². The second-order valence-electron chi connectivity index (χ2n) is 4.97. The largest absolute Gasteiger partial charge is 0.492 e. The SMILES string of the molecule is CCNC(COc1cccc(Cl)c1)c1ccc(CC)cc1. The third-order valence-corrected chi connectivity index (χ3v) is 3.69. The molecule has 3 heteroatoms. The molecule has 0 aliphatic heterocycles. The van der Waals surface area contributed by atoms with Crippen LogP contribution in [0.2, 0.25) is 5.02 Å². The minimum atomic E-state index is 0.180. The van der Waals surface area contributed by atoms with Crippen molar-refractivity contribution in [3.8, 4) is 5.75 Å². The lowest BCUT2D eigenvalue weighted by Crippen LogP contribution is -2.26. The summed E-state index contributed by atoms with van der Waals surface area (Å²) < 4.78 is 5.87. The van der Waals surface area contributed by atoms with Gasteiger partial charge in [0.2, 0.25) is 0 Å². The Hall–Kier alpha value is -1.51. The van der Waals surface area contributed by atoms with E-state index in [-0.39, 0.29) is 6.04 Å². The summed E-state index contributed by atoms with van der Waals surface area (Å²) >= 11 is 5.98. The van der Waals surface area contributed by atoms with Gasteiger partial charge in [-0.05, 0) is 42.3 Å². The smallest absolute Gasteiger partial charge is 0.120 e. The Morgan fingerprint density at radius 1 is 1.10 bits per heavy atom. The fourth-order valence-electron chi connectivity index (χ4n) is 2.24. The van der Waals surface area contributed by atoms with Crippen LogP contribution in [0, 0.1) is 0 Å². The Morgan fingerprint density at radius 2 is 1.86 bits per heavy atom. The van der Waals surface area contributed by atoms with E-state index in [1.54, 1.807) is 0 Å². The first-order valence-corrected chi connectivity index (χ1v) is 7.81. The maximum absolute atomic E-state index is 5.98. The lowest BCUT2D eigenvalue weighted by atomic mass is 10.0. The van der Waals surface area contributed by atoms with Gasteiger partial charge in [-0.25, -0.2) is 0 Å². The quantitative estimate of drug-likeness (QED) is 0.805. The first-order valence-electron chi connectivity index (χ1n) is 7.43. The second kappa shape index (κ2) is 8.06. The lowest BCUT2D eigenvalue weighted by Gasteiger charge is -2.19. The molecule has 1 N–H and O–H groups in total. The van der Waals surface area contributed by atoms with Crippen molar-refractivity contribution in [3.63, 3.8) is 0 Å². The number of benzene rings is 2. The van der Waals surface area contributed by atoms with E-state index >= 15 is 0 Å². The van der Waals surface area contributed by atoms with E-state index in [4.69, 9.17) is 16.3 Å². The van der Waals surface area contributed by atoms with Crippen LogP contribution in [0.5, 0.6) is 5.75 Å². The number of rotatable bonds is 7. The molecule has 0 fully saturated rings. The minimum absolute atomic E-state index is 0.180. The maximum Gasteiger partial charge on any atom is 0.120 e. The summed E-state index contributed by atoms with van der Waals surface area (Å²) in [7, 11) is 0. The fourth-order valence-corrected chi connectivity index (χ4v) is 2.42. The average Bonchev–Trinajstić information content (AvgIpc) is 2.52. The van der Waals surface area contributed by atoms with Gasteiger partial charge in [-0.2, -0.15) is 0 Å². The van der Waals surface area contributed by atoms with Crippen LogP contribution in [0.3, 0.4) is 0 Å². The third-order valence-electron chi connectivity index (χ3n) is 3.45. The number of hydrogen-bond acceptors (Lipinski definition) is 2. The highest BCUT2D eigenvalue weighted by atomic mass is 35.5. The van der Waals surface area contributed by atoms with E-state index in [0.717, 1.165) is 18.7 Å². The van der Waals surface area contributed by atoms with Gasteiger partial charge >= 0.3 is 0 Å². The molecule has 1 unspecified atom stereocenters. The van der Waals surface area contributed by atoms with Crippen LogP contribution in [-0.4, -0.2) is 13.2 Å². The van der Waals surface area contributed by atoms with Crippen molar-refractivity contribution in [2.75, 3.05) is 13.2 Å². The minimum Gasteiger partial charge on any atom is -0.492 e. The molecule has 0 saturated carbocycles. The van der Waals surface area contributed by atoms with Crippen LogP contribution < -0.4 is 10.1 Å². The lowest BCUT2D eigenvalue weighted by molar-refractivity contribution is 0.268. The topological polar surface area (TPSA) is 21.3 Å². The highest BCUT2D eigenvalue weighted by molar-refractivity contribution is 6.30. The fraction of sp³-hybridized carbons (Fsp3) is 0.333. The van der Waals surface area contributed by atoms with E-state index in [1.165, 1.54) is 11.1 Å². The molecule has 112 valence electrons. The highest BCUT2D eigenvalue weighted by Gasteiger charge is 2.11. The number of hydrogen-bond donors (Lipinski definition) is 1. The molecule has 1 atom stereocenters. The normalized spacial score (nSPS) is 12.1. The summed E-state index contributed by atoms with van der Waals surface area (Å²) in [6, 6.07) is 16.4. The molecule has 2 nitrogen and oxygen atoms in total. The van der Waals surface area contributed by atoms with Crippen LogP contribution in [0.1, 0.15) is 31.0 Å². The Labute approximate surface area is 132 Å². The number of aryl methyl sites for hydroxylation is 1. The van der Waals surface area contributed by atoms with Crippen molar-refractivity contribution in [1.29, 1.82) is 0 Å². The standard InChI is InChI=1S/C18H22ClNO/c1-3-14-8-10-15(11-9-14)18(20-4-2)13-21-17-7-5-6-16(19)12-17/h5-12,18,20H,3-4,13H2,1-2H3.